The first kappa shape index (κ1) is 9.40. The van der Waals surface area contributed by atoms with Gasteiger partial charge in [-0.25, -0.2) is 0 Å². The van der Waals surface area contributed by atoms with Gasteiger partial charge in [0.25, 0.3) is 0 Å². The molecule has 0 spiro atoms. The zero-order valence-electron chi connectivity index (χ0n) is 6.21. The van der Waals surface area contributed by atoms with Crippen molar-refractivity contribution < 1.29 is 25.2 Å². The van der Waals surface area contributed by atoms with E-state index >= 15 is 0 Å². The van der Waals surface area contributed by atoms with Crippen LogP contribution < -0.4 is 5.32 Å². The Morgan fingerprint density at radius 1 is 1.25 bits per heavy atom. The lowest BCUT2D eigenvalue weighted by molar-refractivity contribution is -0.152. The van der Waals surface area contributed by atoms with Gasteiger partial charge < -0.3 is 20.4 Å². The molecule has 1 aliphatic heterocycles. The number of carboxylic acid groups (broad SMARTS) is 1. The van der Waals surface area contributed by atoms with Gasteiger partial charge >= 0.3 is 5.97 Å². The maximum atomic E-state index is 10.4. The van der Waals surface area contributed by atoms with Crippen molar-refractivity contribution in [1.82, 2.24) is 5.32 Å². The lowest BCUT2D eigenvalue weighted by Crippen LogP contribution is -2.62. The Labute approximate surface area is 68.4 Å². The van der Waals surface area contributed by atoms with Crippen LogP contribution in [0, 0.1) is 0 Å². The summed E-state index contributed by atoms with van der Waals surface area (Å²) >= 11 is 0. The number of aliphatic carboxylic acids is 1. The van der Waals surface area contributed by atoms with E-state index in [0.29, 0.717) is 0 Å². The number of aliphatic hydroxyl groups is 3. The summed E-state index contributed by atoms with van der Waals surface area (Å²) in [5.41, 5.74) is 0. The number of carbonyl (C=O) groups is 1. The van der Waals surface area contributed by atoms with E-state index in [2.05, 4.69) is 5.32 Å². The number of carboxylic acids is 1. The first-order chi connectivity index (χ1) is 5.54. The van der Waals surface area contributed by atoms with Crippen LogP contribution in [0.15, 0.2) is 0 Å². The molecule has 1 heterocycles. The third-order valence-electron chi connectivity index (χ3n) is 1.90. The fourth-order valence-corrected chi connectivity index (χ4v) is 1.15. The summed E-state index contributed by atoms with van der Waals surface area (Å²) in [5, 5.41) is 38.1. The molecule has 0 bridgehead atoms. The third-order valence-corrected chi connectivity index (χ3v) is 1.90. The molecule has 0 aromatic heterocycles. The molecule has 0 aromatic rings. The van der Waals surface area contributed by atoms with Crippen LogP contribution in [-0.4, -0.2) is 57.3 Å². The molecule has 70 valence electrons. The quantitative estimate of drug-likeness (QED) is 0.294. The molecule has 12 heavy (non-hydrogen) atoms. The van der Waals surface area contributed by atoms with Crippen molar-refractivity contribution in [3.05, 3.63) is 0 Å². The van der Waals surface area contributed by atoms with Crippen LogP contribution in [0.2, 0.25) is 0 Å². The fraction of sp³-hybridized carbons (Fsp3) is 0.833. The van der Waals surface area contributed by atoms with Gasteiger partial charge in [-0.05, 0) is 0 Å². The van der Waals surface area contributed by atoms with Crippen LogP contribution in [0.3, 0.4) is 0 Å². The smallest absolute Gasteiger partial charge is 0.323 e. The van der Waals surface area contributed by atoms with Gasteiger partial charge in [-0.2, -0.15) is 0 Å². The van der Waals surface area contributed by atoms with E-state index in [9.17, 15) is 4.79 Å². The Hall–Kier alpha value is -0.690. The Bertz CT molecular complexity index is 185. The second-order valence-electron chi connectivity index (χ2n) is 2.77. The monoisotopic (exact) mass is 177 g/mol. The van der Waals surface area contributed by atoms with Crippen LogP contribution in [0.5, 0.6) is 0 Å². The summed E-state index contributed by atoms with van der Waals surface area (Å²) in [4.78, 5) is 10.4. The zero-order chi connectivity index (χ0) is 9.30. The van der Waals surface area contributed by atoms with Crippen molar-refractivity contribution >= 4 is 5.97 Å². The van der Waals surface area contributed by atoms with Crippen LogP contribution in [0.25, 0.3) is 0 Å². The average molecular weight is 177 g/mol. The molecule has 6 nitrogen and oxygen atoms in total. The van der Waals surface area contributed by atoms with E-state index in [1.165, 1.54) is 0 Å². The van der Waals surface area contributed by atoms with Crippen molar-refractivity contribution in [3.8, 4) is 0 Å². The van der Waals surface area contributed by atoms with E-state index in [1.807, 2.05) is 0 Å². The fourth-order valence-electron chi connectivity index (χ4n) is 1.15. The molecular weight excluding hydrogens is 166 g/mol. The molecule has 1 rings (SSSR count). The van der Waals surface area contributed by atoms with Crippen LogP contribution >= 0.6 is 0 Å². The maximum absolute atomic E-state index is 10.4. The van der Waals surface area contributed by atoms with E-state index in [4.69, 9.17) is 20.4 Å². The Balaban J connectivity index is 2.65. The van der Waals surface area contributed by atoms with Gasteiger partial charge in [-0.1, -0.05) is 0 Å². The SMILES string of the molecule is O=C(O)[C@H]1NC[C@H](O)[C@H](O)[C@H]1O. The number of β-amino-alcohol motifs (C(OH)–C–C–N with tert-alkyl or cyclic N) is 1. The van der Waals surface area contributed by atoms with Crippen LogP contribution in [0.4, 0.5) is 0 Å². The molecule has 0 aliphatic carbocycles. The second kappa shape index (κ2) is 3.36. The Kier molecular flexibility index (Phi) is 2.63. The first-order valence-electron chi connectivity index (χ1n) is 3.54. The number of nitrogens with one attached hydrogen (secondary N) is 1. The highest BCUT2D eigenvalue weighted by Crippen LogP contribution is 2.10. The molecule has 5 N–H and O–H groups in total. The normalized spacial score (nSPS) is 42.6. The van der Waals surface area contributed by atoms with E-state index < -0.39 is 30.3 Å². The van der Waals surface area contributed by atoms with Crippen LogP contribution in [0.1, 0.15) is 0 Å². The summed E-state index contributed by atoms with van der Waals surface area (Å²) in [5.74, 6) is -1.24. The van der Waals surface area contributed by atoms with Crippen molar-refractivity contribution in [2.24, 2.45) is 0 Å². The molecule has 6 heteroatoms. The topological polar surface area (TPSA) is 110 Å². The lowest BCUT2D eigenvalue weighted by atomic mass is 9.96. The predicted molar refractivity (Wildman–Crippen MR) is 37.4 cm³/mol. The largest absolute Gasteiger partial charge is 0.480 e. The summed E-state index contributed by atoms with van der Waals surface area (Å²) in [6.45, 7) is -0.0325. The lowest BCUT2D eigenvalue weighted by Gasteiger charge is -2.33. The minimum absolute atomic E-state index is 0.0325. The number of hydrogen-bond acceptors (Lipinski definition) is 5. The standard InChI is InChI=1S/C6H11NO5/c8-2-1-7-3(6(11)12)5(10)4(2)9/h2-5,7-10H,1H2,(H,11,12)/t2-,3-,4-,5-/m0/s1. The molecule has 0 saturated carbocycles. The van der Waals surface area contributed by atoms with Gasteiger partial charge in [0, 0.05) is 6.54 Å². The molecular formula is C6H11NO5. The van der Waals surface area contributed by atoms with E-state index in [-0.39, 0.29) is 6.54 Å². The number of rotatable bonds is 1. The van der Waals surface area contributed by atoms with Crippen molar-refractivity contribution in [1.29, 1.82) is 0 Å². The number of hydrogen-bond donors (Lipinski definition) is 5. The molecule has 0 aromatic carbocycles. The van der Waals surface area contributed by atoms with Crippen LogP contribution in [-0.2, 0) is 4.79 Å². The molecule has 1 fully saturated rings. The van der Waals surface area contributed by atoms with Crippen molar-refractivity contribution in [2.45, 2.75) is 24.4 Å². The minimum atomic E-state index is -1.47. The van der Waals surface area contributed by atoms with Gasteiger partial charge in [-0.3, -0.25) is 10.1 Å². The molecule has 0 amide bonds. The highest BCUT2D eigenvalue weighted by Gasteiger charge is 2.39. The Morgan fingerprint density at radius 2 is 1.83 bits per heavy atom. The maximum Gasteiger partial charge on any atom is 0.323 e. The third kappa shape index (κ3) is 1.56. The summed E-state index contributed by atoms with van der Waals surface area (Å²) < 4.78 is 0. The number of aliphatic hydroxyl groups excluding tert-OH is 3. The van der Waals surface area contributed by atoms with Gasteiger partial charge in [-0.15, -0.1) is 0 Å². The number of piperidine rings is 1. The van der Waals surface area contributed by atoms with Gasteiger partial charge in [0.1, 0.15) is 18.2 Å². The minimum Gasteiger partial charge on any atom is -0.480 e. The van der Waals surface area contributed by atoms with Gasteiger partial charge in [0.05, 0.1) is 6.10 Å². The average Bonchev–Trinajstić information content (AvgIpc) is 2.00. The molecule has 1 saturated heterocycles. The molecule has 1 aliphatic rings. The van der Waals surface area contributed by atoms with E-state index in [1.54, 1.807) is 0 Å². The molecule has 4 atom stereocenters. The summed E-state index contributed by atoms with van der Waals surface area (Å²) in [6.07, 6.45) is -3.98. The second-order valence-corrected chi connectivity index (χ2v) is 2.77. The molecule has 0 unspecified atom stereocenters. The van der Waals surface area contributed by atoms with Gasteiger partial charge in [0.2, 0.25) is 0 Å². The van der Waals surface area contributed by atoms with E-state index in [0.717, 1.165) is 0 Å². The van der Waals surface area contributed by atoms with Crippen molar-refractivity contribution in [3.63, 3.8) is 0 Å². The Morgan fingerprint density at radius 3 is 2.33 bits per heavy atom. The zero-order valence-corrected chi connectivity index (χ0v) is 6.21. The highest BCUT2D eigenvalue weighted by atomic mass is 16.4. The summed E-state index contributed by atoms with van der Waals surface area (Å²) in [7, 11) is 0. The highest BCUT2D eigenvalue weighted by molar-refractivity contribution is 5.74. The first-order valence-corrected chi connectivity index (χ1v) is 3.54. The predicted octanol–water partition coefficient (Wildman–Crippen LogP) is -2.87. The van der Waals surface area contributed by atoms with Crippen molar-refractivity contribution in [2.75, 3.05) is 6.54 Å². The van der Waals surface area contributed by atoms with Gasteiger partial charge in [0.15, 0.2) is 0 Å². The molecule has 0 radical (unpaired) electrons. The summed E-state index contributed by atoms with van der Waals surface area (Å²) in [6, 6.07) is -1.21.